The Morgan fingerprint density at radius 2 is 2.12 bits per heavy atom. The summed E-state index contributed by atoms with van der Waals surface area (Å²) >= 11 is 0. The lowest BCUT2D eigenvalue weighted by molar-refractivity contribution is -0.386. The molecular weight excluding hydrogens is 217 g/mol. The molecule has 0 bridgehead atoms. The summed E-state index contributed by atoms with van der Waals surface area (Å²) in [5, 5.41) is 10.6. The SMILES string of the molecule is CC(C)(C=O)Oc1ccc(F)cc1[N+](=O)[O-]. The van der Waals surface area contributed by atoms with E-state index < -0.39 is 22.0 Å². The van der Waals surface area contributed by atoms with Crippen molar-refractivity contribution in [2.75, 3.05) is 0 Å². The van der Waals surface area contributed by atoms with Crippen molar-refractivity contribution >= 4 is 12.0 Å². The van der Waals surface area contributed by atoms with Gasteiger partial charge in [0.2, 0.25) is 0 Å². The smallest absolute Gasteiger partial charge is 0.313 e. The van der Waals surface area contributed by atoms with Crippen molar-refractivity contribution in [3.05, 3.63) is 34.1 Å². The van der Waals surface area contributed by atoms with Gasteiger partial charge in [0.1, 0.15) is 5.82 Å². The van der Waals surface area contributed by atoms with Crippen molar-refractivity contribution in [2.45, 2.75) is 19.4 Å². The molecule has 1 aromatic carbocycles. The number of aldehydes is 1. The second-order valence-electron chi connectivity index (χ2n) is 3.69. The first-order valence-corrected chi connectivity index (χ1v) is 4.45. The Bertz CT molecular complexity index is 431. The van der Waals surface area contributed by atoms with E-state index in [1.54, 1.807) is 0 Å². The molecule has 0 fully saturated rings. The molecule has 0 aromatic heterocycles. The monoisotopic (exact) mass is 227 g/mol. The fourth-order valence-electron chi connectivity index (χ4n) is 1.03. The lowest BCUT2D eigenvalue weighted by Gasteiger charge is -2.19. The molecule has 0 atom stereocenters. The van der Waals surface area contributed by atoms with E-state index in [1.165, 1.54) is 13.8 Å². The van der Waals surface area contributed by atoms with Crippen LogP contribution in [0.3, 0.4) is 0 Å². The van der Waals surface area contributed by atoms with E-state index in [1.807, 2.05) is 0 Å². The minimum atomic E-state index is -1.19. The van der Waals surface area contributed by atoms with Crippen LogP contribution in [-0.2, 0) is 4.79 Å². The van der Waals surface area contributed by atoms with Gasteiger partial charge in [-0.25, -0.2) is 4.39 Å². The third-order valence-electron chi connectivity index (χ3n) is 1.77. The molecule has 0 radical (unpaired) electrons. The van der Waals surface area contributed by atoms with Gasteiger partial charge >= 0.3 is 5.69 Å². The summed E-state index contributed by atoms with van der Waals surface area (Å²) in [7, 11) is 0. The van der Waals surface area contributed by atoms with Crippen LogP contribution in [0.4, 0.5) is 10.1 Å². The number of rotatable bonds is 4. The summed E-state index contributed by atoms with van der Waals surface area (Å²) in [5.74, 6) is -0.869. The number of benzene rings is 1. The van der Waals surface area contributed by atoms with Crippen LogP contribution in [0.25, 0.3) is 0 Å². The summed E-state index contributed by atoms with van der Waals surface area (Å²) in [6, 6.07) is 2.90. The number of hydrogen-bond donors (Lipinski definition) is 0. The number of ether oxygens (including phenoxy) is 1. The van der Waals surface area contributed by atoms with E-state index in [0.717, 1.165) is 18.2 Å². The largest absolute Gasteiger partial charge is 0.473 e. The van der Waals surface area contributed by atoms with Gasteiger partial charge in [0, 0.05) is 0 Å². The van der Waals surface area contributed by atoms with E-state index in [2.05, 4.69) is 0 Å². The molecule has 0 heterocycles. The highest BCUT2D eigenvalue weighted by Gasteiger charge is 2.24. The Morgan fingerprint density at radius 1 is 1.50 bits per heavy atom. The molecule has 0 spiro atoms. The molecule has 0 saturated carbocycles. The van der Waals surface area contributed by atoms with E-state index in [9.17, 15) is 19.3 Å². The Morgan fingerprint density at radius 3 is 2.62 bits per heavy atom. The first-order valence-electron chi connectivity index (χ1n) is 4.45. The fourth-order valence-corrected chi connectivity index (χ4v) is 1.03. The maximum atomic E-state index is 12.8. The van der Waals surface area contributed by atoms with Crippen molar-refractivity contribution in [2.24, 2.45) is 0 Å². The highest BCUT2D eigenvalue weighted by molar-refractivity contribution is 5.62. The van der Waals surface area contributed by atoms with Gasteiger partial charge in [0.15, 0.2) is 17.6 Å². The molecular formula is C10H10FNO4. The molecule has 86 valence electrons. The quantitative estimate of drug-likeness (QED) is 0.448. The molecule has 0 saturated heterocycles. The topological polar surface area (TPSA) is 69.4 Å². The first kappa shape index (κ1) is 12.1. The minimum Gasteiger partial charge on any atom is -0.473 e. The highest BCUT2D eigenvalue weighted by Crippen LogP contribution is 2.29. The Labute approximate surface area is 91.0 Å². The predicted octanol–water partition coefficient (Wildman–Crippen LogP) is 2.09. The predicted molar refractivity (Wildman–Crippen MR) is 53.8 cm³/mol. The number of nitrogens with zero attached hydrogens (tertiary/aromatic N) is 1. The van der Waals surface area contributed by atoms with Gasteiger partial charge in [0.05, 0.1) is 11.0 Å². The normalized spacial score (nSPS) is 10.9. The molecule has 16 heavy (non-hydrogen) atoms. The van der Waals surface area contributed by atoms with Crippen LogP contribution in [0.2, 0.25) is 0 Å². The first-order chi connectivity index (χ1) is 7.35. The maximum Gasteiger partial charge on any atom is 0.313 e. The Hall–Kier alpha value is -1.98. The van der Waals surface area contributed by atoms with Crippen molar-refractivity contribution in [3.8, 4) is 5.75 Å². The molecule has 1 aromatic rings. The Balaban J connectivity index is 3.13. The molecule has 0 aliphatic rings. The van der Waals surface area contributed by atoms with Gasteiger partial charge in [-0.2, -0.15) is 0 Å². The molecule has 1 rings (SSSR count). The van der Waals surface area contributed by atoms with Gasteiger partial charge in [-0.15, -0.1) is 0 Å². The Kier molecular flexibility index (Phi) is 3.22. The zero-order chi connectivity index (χ0) is 12.3. The van der Waals surface area contributed by atoms with Crippen LogP contribution in [0, 0.1) is 15.9 Å². The van der Waals surface area contributed by atoms with Gasteiger partial charge in [-0.05, 0) is 26.0 Å². The van der Waals surface area contributed by atoms with Gasteiger partial charge < -0.3 is 4.74 Å². The lowest BCUT2D eigenvalue weighted by Crippen LogP contribution is -2.30. The standard InChI is InChI=1S/C10H10FNO4/c1-10(2,6-13)16-9-4-3-7(11)5-8(9)12(14)15/h3-6H,1-2H3. The van der Waals surface area contributed by atoms with Gasteiger partial charge in [-0.3, -0.25) is 14.9 Å². The molecule has 6 heteroatoms. The second-order valence-corrected chi connectivity index (χ2v) is 3.69. The van der Waals surface area contributed by atoms with E-state index in [0.29, 0.717) is 6.29 Å². The van der Waals surface area contributed by atoms with Crippen molar-refractivity contribution in [1.29, 1.82) is 0 Å². The maximum absolute atomic E-state index is 12.8. The van der Waals surface area contributed by atoms with Crippen molar-refractivity contribution in [1.82, 2.24) is 0 Å². The average Bonchev–Trinajstić information content (AvgIpc) is 2.20. The highest BCUT2D eigenvalue weighted by atomic mass is 19.1. The number of carbonyl (C=O) groups is 1. The summed E-state index contributed by atoms with van der Waals surface area (Å²) in [6.45, 7) is 2.90. The molecule has 0 aliphatic carbocycles. The zero-order valence-corrected chi connectivity index (χ0v) is 8.77. The van der Waals surface area contributed by atoms with Crippen LogP contribution in [0.1, 0.15) is 13.8 Å². The second kappa shape index (κ2) is 4.26. The van der Waals surface area contributed by atoms with Crippen molar-refractivity contribution < 1.29 is 18.8 Å². The molecule has 0 aliphatic heterocycles. The van der Waals surface area contributed by atoms with Crippen LogP contribution in [0.5, 0.6) is 5.75 Å². The fraction of sp³-hybridized carbons (Fsp3) is 0.300. The van der Waals surface area contributed by atoms with Crippen molar-refractivity contribution in [3.63, 3.8) is 0 Å². The molecule has 0 amide bonds. The lowest BCUT2D eigenvalue weighted by atomic mass is 10.1. The van der Waals surface area contributed by atoms with Crippen LogP contribution in [0.15, 0.2) is 18.2 Å². The third-order valence-corrected chi connectivity index (χ3v) is 1.77. The number of carbonyl (C=O) groups excluding carboxylic acids is 1. The molecule has 0 N–H and O–H groups in total. The average molecular weight is 227 g/mol. The van der Waals surface area contributed by atoms with E-state index in [-0.39, 0.29) is 5.75 Å². The van der Waals surface area contributed by atoms with Gasteiger partial charge in [0.25, 0.3) is 0 Å². The van der Waals surface area contributed by atoms with Crippen LogP contribution < -0.4 is 4.74 Å². The number of halogens is 1. The number of nitro benzene ring substituents is 1. The number of nitro groups is 1. The van der Waals surface area contributed by atoms with E-state index in [4.69, 9.17) is 4.74 Å². The van der Waals surface area contributed by atoms with Gasteiger partial charge in [-0.1, -0.05) is 0 Å². The zero-order valence-electron chi connectivity index (χ0n) is 8.77. The summed E-state index contributed by atoms with van der Waals surface area (Å²) in [4.78, 5) is 20.5. The number of hydrogen-bond acceptors (Lipinski definition) is 4. The summed E-state index contributed by atoms with van der Waals surface area (Å²) in [6.07, 6.45) is 0.514. The minimum absolute atomic E-state index is 0.136. The molecule has 0 unspecified atom stereocenters. The summed E-state index contributed by atoms with van der Waals surface area (Å²) in [5.41, 5.74) is -1.70. The third kappa shape index (κ3) is 2.75. The molecule has 5 nitrogen and oxygen atoms in total. The van der Waals surface area contributed by atoms with E-state index >= 15 is 0 Å². The summed E-state index contributed by atoms with van der Waals surface area (Å²) < 4.78 is 17.9. The van der Waals surface area contributed by atoms with Crippen LogP contribution in [-0.4, -0.2) is 16.8 Å². The van der Waals surface area contributed by atoms with Crippen LogP contribution >= 0.6 is 0 Å².